The van der Waals surface area contributed by atoms with E-state index in [9.17, 15) is 0 Å². The second-order valence-electron chi connectivity index (χ2n) is 3.69. The van der Waals surface area contributed by atoms with Crippen LogP contribution in [-0.2, 0) is 4.84 Å². The number of rotatable bonds is 2. The molecule has 0 bridgehead atoms. The molecule has 1 aliphatic heterocycles. The second kappa shape index (κ2) is 2.86. The number of hydroxylamine groups is 1. The minimum atomic E-state index is -0.0738. The molecule has 0 saturated carbocycles. The lowest BCUT2D eigenvalue weighted by molar-refractivity contribution is -0.0946. The van der Waals surface area contributed by atoms with Crippen LogP contribution >= 0.6 is 0 Å². The molecule has 1 saturated heterocycles. The number of hydrogen-bond acceptors (Lipinski definition) is 3. The molecule has 0 aromatic carbocycles. The van der Waals surface area contributed by atoms with Crippen LogP contribution in [0.1, 0.15) is 20.8 Å². The summed E-state index contributed by atoms with van der Waals surface area (Å²) >= 11 is 0. The zero-order valence-corrected chi connectivity index (χ0v) is 6.90. The smallest absolute Gasteiger partial charge is 0.0813 e. The first-order valence-electron chi connectivity index (χ1n) is 3.72. The molecule has 2 N–H and O–H groups in total. The van der Waals surface area contributed by atoms with E-state index in [4.69, 9.17) is 4.84 Å². The lowest BCUT2D eigenvalue weighted by Crippen LogP contribution is -2.56. The molecule has 10 heavy (non-hydrogen) atoms. The van der Waals surface area contributed by atoms with Gasteiger partial charge in [0.2, 0.25) is 0 Å². The van der Waals surface area contributed by atoms with Crippen molar-refractivity contribution in [3.8, 4) is 0 Å². The first-order valence-corrected chi connectivity index (χ1v) is 3.72. The zero-order chi connectivity index (χ0) is 7.61. The molecule has 60 valence electrons. The zero-order valence-electron chi connectivity index (χ0n) is 6.90. The van der Waals surface area contributed by atoms with Crippen LogP contribution in [0.15, 0.2) is 0 Å². The van der Waals surface area contributed by atoms with E-state index < -0.39 is 0 Å². The van der Waals surface area contributed by atoms with Crippen LogP contribution < -0.4 is 10.8 Å². The summed E-state index contributed by atoms with van der Waals surface area (Å²) < 4.78 is 0. The molecule has 0 aromatic heterocycles. The minimum Gasteiger partial charge on any atom is -0.313 e. The van der Waals surface area contributed by atoms with Crippen LogP contribution in [0.4, 0.5) is 0 Å². The number of hydrogen-bond donors (Lipinski definition) is 2. The van der Waals surface area contributed by atoms with Gasteiger partial charge >= 0.3 is 0 Å². The third-order valence-electron chi connectivity index (χ3n) is 1.31. The van der Waals surface area contributed by atoms with E-state index in [1.54, 1.807) is 0 Å². The van der Waals surface area contributed by atoms with Crippen molar-refractivity contribution in [2.75, 3.05) is 13.1 Å². The molecule has 0 amide bonds. The summed E-state index contributed by atoms with van der Waals surface area (Å²) in [5, 5.41) is 3.15. The molecule has 0 spiro atoms. The molecule has 0 aliphatic carbocycles. The standard InChI is InChI=1S/C7H16N2O/c1-7(2,3)10-9-6-4-8-5-6/h6,8-9H,4-5H2,1-3H3. The third kappa shape index (κ3) is 2.64. The predicted octanol–water partition coefficient (Wildman–Crippen LogP) is 0.278. The van der Waals surface area contributed by atoms with Crippen LogP contribution in [0.3, 0.4) is 0 Å². The summed E-state index contributed by atoms with van der Waals surface area (Å²) in [6.45, 7) is 8.15. The molecule has 1 fully saturated rings. The fourth-order valence-corrected chi connectivity index (χ4v) is 0.632. The SMILES string of the molecule is CC(C)(C)ONC1CNC1. The predicted molar refractivity (Wildman–Crippen MR) is 40.6 cm³/mol. The van der Waals surface area contributed by atoms with Crippen LogP contribution in [-0.4, -0.2) is 24.7 Å². The van der Waals surface area contributed by atoms with E-state index in [1.165, 1.54) is 0 Å². The van der Waals surface area contributed by atoms with Gasteiger partial charge in [-0.25, -0.2) is 0 Å². The van der Waals surface area contributed by atoms with Crippen molar-refractivity contribution in [3.05, 3.63) is 0 Å². The Morgan fingerprint density at radius 2 is 2.00 bits per heavy atom. The van der Waals surface area contributed by atoms with Crippen molar-refractivity contribution >= 4 is 0 Å². The van der Waals surface area contributed by atoms with E-state index in [1.807, 2.05) is 20.8 Å². The molecule has 3 nitrogen and oxygen atoms in total. The van der Waals surface area contributed by atoms with Crippen molar-refractivity contribution in [1.82, 2.24) is 10.8 Å². The van der Waals surface area contributed by atoms with Gasteiger partial charge < -0.3 is 5.32 Å². The van der Waals surface area contributed by atoms with E-state index in [0.717, 1.165) is 13.1 Å². The molecule has 0 aromatic rings. The Labute approximate surface area is 62.1 Å². The largest absolute Gasteiger partial charge is 0.313 e. The van der Waals surface area contributed by atoms with E-state index in [0.29, 0.717) is 6.04 Å². The minimum absolute atomic E-state index is 0.0738. The molecule has 0 atom stereocenters. The van der Waals surface area contributed by atoms with Gasteiger partial charge in [0.1, 0.15) is 0 Å². The molecule has 1 rings (SSSR count). The van der Waals surface area contributed by atoms with Gasteiger partial charge in [-0.1, -0.05) is 0 Å². The maximum Gasteiger partial charge on any atom is 0.0813 e. The van der Waals surface area contributed by atoms with Crippen LogP contribution in [0, 0.1) is 0 Å². The molecule has 3 heteroatoms. The third-order valence-corrected chi connectivity index (χ3v) is 1.31. The van der Waals surface area contributed by atoms with Gasteiger partial charge in [0, 0.05) is 13.1 Å². The summed E-state index contributed by atoms with van der Waals surface area (Å²) in [5.74, 6) is 0. The van der Waals surface area contributed by atoms with E-state index in [-0.39, 0.29) is 5.60 Å². The lowest BCUT2D eigenvalue weighted by atomic mass is 10.2. The Kier molecular flexibility index (Phi) is 2.28. The Hall–Kier alpha value is -0.120. The van der Waals surface area contributed by atoms with E-state index >= 15 is 0 Å². The van der Waals surface area contributed by atoms with Crippen LogP contribution in [0.2, 0.25) is 0 Å². The lowest BCUT2D eigenvalue weighted by Gasteiger charge is -2.31. The highest BCUT2D eigenvalue weighted by atomic mass is 16.7. The summed E-state index contributed by atoms with van der Waals surface area (Å²) in [7, 11) is 0. The van der Waals surface area contributed by atoms with Gasteiger partial charge in [0.05, 0.1) is 11.6 Å². The average molecular weight is 144 g/mol. The molecule has 1 heterocycles. The highest BCUT2D eigenvalue weighted by Gasteiger charge is 2.19. The van der Waals surface area contributed by atoms with Crippen molar-refractivity contribution in [2.24, 2.45) is 0 Å². The van der Waals surface area contributed by atoms with Gasteiger partial charge in [-0.05, 0) is 20.8 Å². The first-order chi connectivity index (χ1) is 4.58. The van der Waals surface area contributed by atoms with Crippen LogP contribution in [0.25, 0.3) is 0 Å². The van der Waals surface area contributed by atoms with Crippen molar-refractivity contribution in [3.63, 3.8) is 0 Å². The first kappa shape index (κ1) is 7.98. The number of nitrogens with one attached hydrogen (secondary N) is 2. The van der Waals surface area contributed by atoms with E-state index in [2.05, 4.69) is 10.8 Å². The summed E-state index contributed by atoms with van der Waals surface area (Å²) in [5.41, 5.74) is 2.92. The van der Waals surface area contributed by atoms with Gasteiger partial charge in [-0.2, -0.15) is 5.48 Å². The monoisotopic (exact) mass is 144 g/mol. The molecule has 1 aliphatic rings. The Morgan fingerprint density at radius 3 is 2.30 bits per heavy atom. The van der Waals surface area contributed by atoms with Crippen LogP contribution in [0.5, 0.6) is 0 Å². The van der Waals surface area contributed by atoms with Gasteiger partial charge in [-0.3, -0.25) is 4.84 Å². The summed E-state index contributed by atoms with van der Waals surface area (Å²) in [4.78, 5) is 5.34. The fourth-order valence-electron chi connectivity index (χ4n) is 0.632. The second-order valence-corrected chi connectivity index (χ2v) is 3.69. The Bertz CT molecular complexity index is 105. The maximum atomic E-state index is 5.34. The Morgan fingerprint density at radius 1 is 1.40 bits per heavy atom. The fraction of sp³-hybridized carbons (Fsp3) is 1.00. The average Bonchev–Trinajstić information content (AvgIpc) is 1.56. The van der Waals surface area contributed by atoms with Crippen molar-refractivity contribution in [1.29, 1.82) is 0 Å². The quantitative estimate of drug-likeness (QED) is 0.546. The summed E-state index contributed by atoms with van der Waals surface area (Å²) in [6, 6.07) is 0.513. The molecule has 0 radical (unpaired) electrons. The van der Waals surface area contributed by atoms with Gasteiger partial charge in [0.25, 0.3) is 0 Å². The molecule has 0 unspecified atom stereocenters. The van der Waals surface area contributed by atoms with Crippen molar-refractivity contribution < 1.29 is 4.84 Å². The topological polar surface area (TPSA) is 33.3 Å². The highest BCUT2D eigenvalue weighted by Crippen LogP contribution is 2.05. The van der Waals surface area contributed by atoms with Crippen molar-refractivity contribution in [2.45, 2.75) is 32.4 Å². The van der Waals surface area contributed by atoms with Gasteiger partial charge in [0.15, 0.2) is 0 Å². The Balaban J connectivity index is 2.04. The molecular formula is C7H16N2O. The highest BCUT2D eigenvalue weighted by molar-refractivity contribution is 4.78. The summed E-state index contributed by atoms with van der Waals surface area (Å²) in [6.07, 6.45) is 0. The normalized spacial score (nSPS) is 20.7. The maximum absolute atomic E-state index is 5.34. The van der Waals surface area contributed by atoms with Gasteiger partial charge in [-0.15, -0.1) is 0 Å². The molecular weight excluding hydrogens is 128 g/mol.